The van der Waals surface area contributed by atoms with Crippen LogP contribution in [0.5, 0.6) is 0 Å². The fraction of sp³-hybridized carbons (Fsp3) is 0.877. The molecule has 6 fully saturated rings. The van der Waals surface area contributed by atoms with Gasteiger partial charge >= 0.3 is 12.1 Å². The van der Waals surface area contributed by atoms with Gasteiger partial charge in [0.15, 0.2) is 35.7 Å². The number of nitrogens with one attached hydrogen (secondary N) is 2. The van der Waals surface area contributed by atoms with Crippen molar-refractivity contribution >= 4 is 23.8 Å². The predicted molar refractivity (Wildman–Crippen MR) is 321 cm³/mol. The Labute approximate surface area is 520 Å². The van der Waals surface area contributed by atoms with Gasteiger partial charge in [-0.25, -0.2) is 13.6 Å². The normalized spacial score (nSPS) is 48.0. The number of carbonyl (C=O) groups excluding carboxylic acids is 4. The van der Waals surface area contributed by atoms with Gasteiger partial charge in [0.1, 0.15) is 30.1 Å². The van der Waals surface area contributed by atoms with Crippen LogP contribution in [0.4, 0.5) is 13.6 Å². The van der Waals surface area contributed by atoms with Crippen molar-refractivity contribution in [2.75, 3.05) is 47.4 Å². The number of alkyl carbamates (subject to hydrolysis) is 1. The number of rotatable bonds is 15. The van der Waals surface area contributed by atoms with Gasteiger partial charge in [-0.3, -0.25) is 19.3 Å². The van der Waals surface area contributed by atoms with Crippen molar-refractivity contribution in [2.24, 2.45) is 46.3 Å². The minimum atomic E-state index is -2.36. The number of ketones is 1. The SMILES string of the molecule is CC[C@H]1OC(=O)[C@H](C)[C@@H](OC2C[C@@](C)(OC)[C@@H](O)[C@H](C)O2)[C@H](C)[C@@H](OC2O[C@H](C)C[C@H](N(C)CC)[C@H]2O)[C@](C)(O)C[C@@H](C)CN(C)[C@H](C)C(OC(=O)NCCCCNC(=O)[C@@]2(O)[C@H](C)CC3C4C[C@H](F)C5=CC(=O)C=C[C@]5(C)[C@@]4(F)[C@@H](O)C[C@@]32C)[C@]1(C)O. The van der Waals surface area contributed by atoms with E-state index < -0.39 is 166 Å². The largest absolute Gasteiger partial charge is 0.459 e. The quantitative estimate of drug-likeness (QED) is 0.0771. The third-order valence-corrected chi connectivity index (χ3v) is 22.5. The standard InChI is InChI=1S/C65H108F2N4O17/c1-18-48-63(14,80)54(88-58(78)69-25-21-20-24-68-57(77)65(81)35(4)26-42-43-29-45(66)44-28-41(72)22-23-59(44,10)64(43,67)47(73)31-60(42,65)11)39(8)71(16)33-34(3)30-61(12,79)53(87-56-50(74)46(70(15)19-2)27-36(5)83-56)37(6)51(38(7)55(76)85-48)86-49-32-62(13,82-17)52(75)40(9)84-49/h22-23,28,34-40,42-43,45-54,56,73-75,79-81H,18-21,24-27,29-33H2,1-17H3,(H,68,77)(H,69,78)/t34-,35-,36-,37+,38-,39-,40+,42?,43?,45+,46+,47+,48-,49?,50-,51+,52+,53-,54?,56?,59+,60+,61-,62-,63-,64+,65+/m1/s1. The third-order valence-electron chi connectivity index (χ3n) is 22.5. The van der Waals surface area contributed by atoms with E-state index in [0.29, 0.717) is 32.4 Å². The molecule has 0 bridgehead atoms. The lowest BCUT2D eigenvalue weighted by Gasteiger charge is -2.63. The number of cyclic esters (lactones) is 1. The van der Waals surface area contributed by atoms with Crippen molar-refractivity contribution in [3.05, 3.63) is 23.8 Å². The highest BCUT2D eigenvalue weighted by Crippen LogP contribution is 2.71. The number of hydrogen-bond acceptors (Lipinski definition) is 19. The second kappa shape index (κ2) is 27.3. The van der Waals surface area contributed by atoms with E-state index in [4.69, 9.17) is 33.2 Å². The molecule has 7 rings (SSSR count). The maximum Gasteiger partial charge on any atom is 0.407 e. The number of fused-ring (bicyclic) bond motifs is 5. The van der Waals surface area contributed by atoms with Gasteiger partial charge in [0.25, 0.3) is 5.91 Å². The molecule has 3 heterocycles. The summed E-state index contributed by atoms with van der Waals surface area (Å²) in [4.78, 5) is 59.4. The van der Waals surface area contributed by atoms with Crippen LogP contribution in [0.25, 0.3) is 0 Å². The highest BCUT2D eigenvalue weighted by Gasteiger charge is 2.77. The summed E-state index contributed by atoms with van der Waals surface area (Å²) in [6, 6.07) is -1.08. The van der Waals surface area contributed by atoms with Crippen molar-refractivity contribution in [3.63, 3.8) is 0 Å². The second-order valence-electron chi connectivity index (χ2n) is 28.8. The zero-order chi connectivity index (χ0) is 65.8. The van der Waals surface area contributed by atoms with E-state index in [0.717, 1.165) is 6.08 Å². The Hall–Kier alpha value is -3.30. The molecule has 2 amide bonds. The van der Waals surface area contributed by atoms with Crippen LogP contribution in [-0.2, 0) is 47.5 Å². The van der Waals surface area contributed by atoms with E-state index in [1.165, 1.54) is 33.1 Å². The predicted octanol–water partition coefficient (Wildman–Crippen LogP) is 5.22. The number of nitrogens with zero attached hydrogens (tertiary/aromatic N) is 2. The van der Waals surface area contributed by atoms with Crippen LogP contribution in [0.2, 0.25) is 0 Å². The Morgan fingerprint density at radius 1 is 0.864 bits per heavy atom. The Morgan fingerprint density at radius 2 is 1.51 bits per heavy atom. The molecule has 7 aliphatic rings. The van der Waals surface area contributed by atoms with Gasteiger partial charge in [0.2, 0.25) is 0 Å². The van der Waals surface area contributed by atoms with Gasteiger partial charge in [-0.05, 0) is 163 Å². The average Bonchev–Trinajstić information content (AvgIpc) is 1.31. The molecule has 0 aromatic rings. The average molecular weight is 1260 g/mol. The van der Waals surface area contributed by atoms with Crippen LogP contribution in [0.1, 0.15) is 155 Å². The smallest absolute Gasteiger partial charge is 0.407 e. The molecule has 3 saturated carbocycles. The molecule has 4 aliphatic carbocycles. The molecule has 0 aromatic carbocycles. The van der Waals surface area contributed by atoms with Gasteiger partial charge in [-0.2, -0.15) is 0 Å². The number of esters is 1. The van der Waals surface area contributed by atoms with Gasteiger partial charge in [0.05, 0.1) is 47.6 Å². The molecule has 88 heavy (non-hydrogen) atoms. The molecule has 504 valence electrons. The molecular weight excluding hydrogens is 1150 g/mol. The summed E-state index contributed by atoms with van der Waals surface area (Å²) in [7, 11) is 5.19. The van der Waals surface area contributed by atoms with Gasteiger partial charge in [-0.1, -0.05) is 47.6 Å². The monoisotopic (exact) mass is 1250 g/mol. The van der Waals surface area contributed by atoms with Crippen molar-refractivity contribution in [1.82, 2.24) is 20.4 Å². The van der Waals surface area contributed by atoms with Crippen LogP contribution in [-0.4, -0.2) is 225 Å². The summed E-state index contributed by atoms with van der Waals surface area (Å²) in [6.45, 7) is 25.2. The summed E-state index contributed by atoms with van der Waals surface area (Å²) in [5, 5.41) is 78.6. The highest BCUT2D eigenvalue weighted by atomic mass is 19.1. The first-order chi connectivity index (χ1) is 40.8. The van der Waals surface area contributed by atoms with Gasteiger partial charge in [-0.15, -0.1) is 0 Å². The van der Waals surface area contributed by atoms with Crippen LogP contribution < -0.4 is 10.6 Å². The molecule has 8 N–H and O–H groups in total. The summed E-state index contributed by atoms with van der Waals surface area (Å²) in [5.74, 6) is -6.72. The van der Waals surface area contributed by atoms with E-state index in [1.807, 2.05) is 37.6 Å². The first kappa shape index (κ1) is 72.1. The fourth-order valence-electron chi connectivity index (χ4n) is 17.1. The van der Waals surface area contributed by atoms with Crippen LogP contribution in [0, 0.1) is 46.3 Å². The Kier molecular flexibility index (Phi) is 22.4. The van der Waals surface area contributed by atoms with Crippen molar-refractivity contribution in [1.29, 1.82) is 0 Å². The summed E-state index contributed by atoms with van der Waals surface area (Å²) < 4.78 is 78.4. The van der Waals surface area contributed by atoms with Crippen molar-refractivity contribution in [2.45, 2.75) is 269 Å². The van der Waals surface area contributed by atoms with Crippen molar-refractivity contribution < 1.29 is 91.8 Å². The molecule has 0 radical (unpaired) electrons. The van der Waals surface area contributed by atoms with Crippen LogP contribution in [0.3, 0.4) is 0 Å². The van der Waals surface area contributed by atoms with Crippen LogP contribution in [0.15, 0.2) is 23.8 Å². The molecule has 0 spiro atoms. The molecule has 5 unspecified atom stereocenters. The molecule has 3 aliphatic heterocycles. The number of aliphatic hydroxyl groups is 6. The van der Waals surface area contributed by atoms with Gasteiger partial charge in [0, 0.05) is 67.9 Å². The molecule has 21 nitrogen and oxygen atoms in total. The maximum absolute atomic E-state index is 17.8. The minimum Gasteiger partial charge on any atom is -0.459 e. The lowest BCUT2D eigenvalue weighted by molar-refractivity contribution is -0.318. The topological polar surface area (TPSA) is 285 Å². The number of aliphatic hydroxyl groups excluding tert-OH is 3. The number of ether oxygens (including phenoxy) is 7. The number of halogens is 2. The zero-order valence-corrected chi connectivity index (χ0v) is 55.3. The van der Waals surface area contributed by atoms with Crippen LogP contribution >= 0.6 is 0 Å². The third kappa shape index (κ3) is 13.3. The lowest BCUT2D eigenvalue weighted by atomic mass is 9.44. The number of hydrogen-bond donors (Lipinski definition) is 8. The van der Waals surface area contributed by atoms with E-state index in [9.17, 15) is 49.8 Å². The number of unbranched alkanes of at least 4 members (excludes halogenated alkanes) is 1. The minimum absolute atomic E-state index is 0.0102. The molecule has 0 aromatic heterocycles. The molecule has 23 heteroatoms. The number of carbonyl (C=O) groups is 4. The first-order valence-electron chi connectivity index (χ1n) is 32.3. The summed E-state index contributed by atoms with van der Waals surface area (Å²) >= 11 is 0. The molecule has 27 atom stereocenters. The Balaban J connectivity index is 1.06. The summed E-state index contributed by atoms with van der Waals surface area (Å²) in [6.07, 6.45) is -9.96. The molecule has 3 saturated heterocycles. The first-order valence-corrected chi connectivity index (χ1v) is 32.3. The van der Waals surface area contributed by atoms with E-state index in [-0.39, 0.29) is 75.3 Å². The summed E-state index contributed by atoms with van der Waals surface area (Å²) in [5.41, 5.74) is -12.2. The number of amides is 2. The van der Waals surface area contributed by atoms with E-state index in [2.05, 4.69) is 10.6 Å². The van der Waals surface area contributed by atoms with Gasteiger partial charge < -0.3 is 79.3 Å². The van der Waals surface area contributed by atoms with E-state index in [1.54, 1.807) is 69.4 Å². The number of allylic oxidation sites excluding steroid dienone is 4. The lowest BCUT2D eigenvalue weighted by Crippen LogP contribution is -2.71. The maximum atomic E-state index is 17.8. The number of methoxy groups -OCH3 is 1. The fourth-order valence-corrected chi connectivity index (χ4v) is 17.1. The zero-order valence-electron chi connectivity index (χ0n) is 55.3. The Bertz CT molecular complexity index is 2530. The van der Waals surface area contributed by atoms with E-state index >= 15 is 8.78 Å². The highest BCUT2D eigenvalue weighted by molar-refractivity contribution is 6.01. The number of alkyl halides is 2. The second-order valence-corrected chi connectivity index (χ2v) is 28.8. The molecular formula is C65H108F2N4O17. The Morgan fingerprint density at radius 3 is 2.14 bits per heavy atom. The van der Waals surface area contributed by atoms with Crippen molar-refractivity contribution in [3.8, 4) is 0 Å². The number of likely N-dealkylation sites (N-methyl/N-ethyl adjacent to an activating group) is 2.